The molecule has 0 saturated carbocycles. The lowest BCUT2D eigenvalue weighted by molar-refractivity contribution is -0.116. The number of amides is 3. The number of hydrazine groups is 1. The first-order chi connectivity index (χ1) is 15.7. The van der Waals surface area contributed by atoms with E-state index in [-0.39, 0.29) is 5.91 Å². The normalized spacial score (nSPS) is 10.7. The van der Waals surface area contributed by atoms with Crippen molar-refractivity contribution in [1.82, 2.24) is 10.4 Å². The molecule has 0 atom stereocenters. The number of hydrogen-bond acceptors (Lipinski definition) is 5. The Kier molecular flexibility index (Phi) is 12.4. The van der Waals surface area contributed by atoms with E-state index in [2.05, 4.69) is 20.8 Å². The molecule has 1 rings (SSSR count). The van der Waals surface area contributed by atoms with Crippen LogP contribution in [0.1, 0.15) is 83.0 Å². The van der Waals surface area contributed by atoms with Crippen LogP contribution in [0.25, 0.3) is 10.4 Å². The number of hydrogen-bond donors (Lipinski definition) is 2. The van der Waals surface area contributed by atoms with E-state index in [0.29, 0.717) is 37.2 Å². The molecule has 0 saturated heterocycles. The molecule has 33 heavy (non-hydrogen) atoms. The number of ether oxygens (including phenoxy) is 1. The van der Waals surface area contributed by atoms with Crippen LogP contribution in [0.2, 0.25) is 0 Å². The monoisotopic (exact) mass is 460 g/mol. The molecule has 0 aliphatic carbocycles. The Bertz CT molecular complexity index is 813. The highest BCUT2D eigenvalue weighted by Gasteiger charge is 2.23. The lowest BCUT2D eigenvalue weighted by atomic mass is 10.1. The van der Waals surface area contributed by atoms with Crippen molar-refractivity contribution in [1.29, 1.82) is 0 Å². The van der Waals surface area contributed by atoms with E-state index >= 15 is 0 Å². The van der Waals surface area contributed by atoms with Crippen molar-refractivity contribution in [2.45, 2.75) is 78.2 Å². The summed E-state index contributed by atoms with van der Waals surface area (Å²) < 4.78 is 5.33. The summed E-state index contributed by atoms with van der Waals surface area (Å²) in [5, 5.41) is 7.48. The number of nitrogens with zero attached hydrogens (tertiary/aromatic N) is 4. The number of unbranched alkanes of at least 4 members (excludes halogenated alkanes) is 4. The van der Waals surface area contributed by atoms with Crippen molar-refractivity contribution < 1.29 is 19.1 Å². The van der Waals surface area contributed by atoms with Crippen LogP contribution in [-0.2, 0) is 9.53 Å². The molecule has 0 unspecified atom stereocenters. The molecule has 0 fully saturated rings. The third kappa shape index (κ3) is 12.4. The summed E-state index contributed by atoms with van der Waals surface area (Å²) in [5.41, 5.74) is 11.1. The van der Waals surface area contributed by atoms with Gasteiger partial charge in [0, 0.05) is 35.7 Å². The minimum atomic E-state index is -0.666. The summed E-state index contributed by atoms with van der Waals surface area (Å²) in [6.07, 6.45) is 5.02. The van der Waals surface area contributed by atoms with E-state index in [4.69, 9.17) is 10.3 Å². The van der Waals surface area contributed by atoms with Crippen LogP contribution < -0.4 is 10.7 Å². The minimum absolute atomic E-state index is 0.0830. The molecule has 10 heteroatoms. The molecule has 0 bridgehead atoms. The van der Waals surface area contributed by atoms with Crippen molar-refractivity contribution in [2.75, 3.05) is 18.4 Å². The van der Waals surface area contributed by atoms with Gasteiger partial charge in [0.15, 0.2) is 0 Å². The van der Waals surface area contributed by atoms with E-state index in [1.165, 1.54) is 5.01 Å². The van der Waals surface area contributed by atoms with Crippen molar-refractivity contribution in [3.05, 3.63) is 40.3 Å². The van der Waals surface area contributed by atoms with Gasteiger partial charge in [-0.25, -0.2) is 9.80 Å². The Labute approximate surface area is 195 Å². The second-order valence-corrected chi connectivity index (χ2v) is 8.67. The third-order valence-electron chi connectivity index (χ3n) is 4.45. The van der Waals surface area contributed by atoms with Gasteiger partial charge in [-0.2, -0.15) is 0 Å². The van der Waals surface area contributed by atoms with Crippen LogP contribution in [0, 0.1) is 0 Å². The topological polar surface area (TPSA) is 136 Å². The smallest absolute Gasteiger partial charge is 0.429 e. The van der Waals surface area contributed by atoms with Gasteiger partial charge in [-0.15, -0.1) is 0 Å². The van der Waals surface area contributed by atoms with Gasteiger partial charge in [0.1, 0.15) is 5.60 Å². The number of nitrogens with one attached hydrogen (secondary N) is 2. The average molecular weight is 461 g/mol. The van der Waals surface area contributed by atoms with Crippen LogP contribution in [-0.4, -0.2) is 41.6 Å². The molecule has 0 heterocycles. The Morgan fingerprint density at radius 3 is 2.30 bits per heavy atom. The lowest BCUT2D eigenvalue weighted by Gasteiger charge is -2.27. The van der Waals surface area contributed by atoms with Gasteiger partial charge in [-0.05, 0) is 69.8 Å². The molecule has 2 N–H and O–H groups in total. The summed E-state index contributed by atoms with van der Waals surface area (Å²) in [6, 6.07) is 6.49. The summed E-state index contributed by atoms with van der Waals surface area (Å²) in [6.45, 7) is 8.02. The van der Waals surface area contributed by atoms with Gasteiger partial charge in [0.25, 0.3) is 5.91 Å². The van der Waals surface area contributed by atoms with E-state index in [0.717, 1.165) is 32.1 Å². The minimum Gasteiger partial charge on any atom is -0.442 e. The van der Waals surface area contributed by atoms with Gasteiger partial charge in [0.2, 0.25) is 5.91 Å². The third-order valence-corrected chi connectivity index (χ3v) is 4.45. The molecule has 0 spiro atoms. The fraction of sp³-hybridized carbons (Fsp3) is 0.609. The fourth-order valence-corrected chi connectivity index (χ4v) is 2.89. The zero-order valence-corrected chi connectivity index (χ0v) is 20.1. The number of carbonyl (C=O) groups excluding carboxylic acids is 3. The Morgan fingerprint density at radius 1 is 1.06 bits per heavy atom. The highest BCUT2D eigenvalue weighted by Crippen LogP contribution is 2.13. The summed E-state index contributed by atoms with van der Waals surface area (Å²) >= 11 is 0. The molecule has 10 nitrogen and oxygen atoms in total. The molecule has 1 aromatic rings. The largest absolute Gasteiger partial charge is 0.442 e. The second kappa shape index (κ2) is 14.7. The SMILES string of the molecule is CCCN(NC(=O)c1ccc(NC(=O)CCCCCCCN=[N+]=[N-])cc1)C(=O)OC(C)(C)C. The lowest BCUT2D eigenvalue weighted by Crippen LogP contribution is -2.48. The highest BCUT2D eigenvalue weighted by atomic mass is 16.6. The summed E-state index contributed by atoms with van der Waals surface area (Å²) in [4.78, 5) is 39.7. The molecular weight excluding hydrogens is 424 g/mol. The molecular formula is C23H36N6O4. The molecule has 0 radical (unpaired) electrons. The Morgan fingerprint density at radius 2 is 1.70 bits per heavy atom. The van der Waals surface area contributed by atoms with Crippen molar-refractivity contribution in [2.24, 2.45) is 5.11 Å². The quantitative estimate of drug-likeness (QED) is 0.138. The van der Waals surface area contributed by atoms with Gasteiger partial charge in [-0.1, -0.05) is 31.3 Å². The zero-order chi connectivity index (χ0) is 24.7. The van der Waals surface area contributed by atoms with Crippen LogP contribution in [0.3, 0.4) is 0 Å². The first kappa shape index (κ1) is 27.8. The van der Waals surface area contributed by atoms with Crippen molar-refractivity contribution in [3.63, 3.8) is 0 Å². The Balaban J connectivity index is 2.47. The molecule has 3 amide bonds. The van der Waals surface area contributed by atoms with Crippen LogP contribution in [0.5, 0.6) is 0 Å². The van der Waals surface area contributed by atoms with Gasteiger partial charge < -0.3 is 10.1 Å². The number of azide groups is 1. The molecule has 1 aromatic carbocycles. The molecule has 182 valence electrons. The zero-order valence-electron chi connectivity index (χ0n) is 20.1. The standard InChI is InChI=1S/C23H36N6O4/c1-5-17-29(22(32)33-23(2,3)4)27-21(31)18-12-14-19(15-13-18)26-20(30)11-9-7-6-8-10-16-25-28-24/h12-15H,5-11,16-17H2,1-4H3,(H,26,30)(H,27,31). The first-order valence-electron chi connectivity index (χ1n) is 11.4. The Hall–Kier alpha value is -3.26. The van der Waals surface area contributed by atoms with Crippen LogP contribution in [0.4, 0.5) is 10.5 Å². The second-order valence-electron chi connectivity index (χ2n) is 8.67. The first-order valence-corrected chi connectivity index (χ1v) is 11.4. The maximum absolute atomic E-state index is 12.5. The number of benzene rings is 1. The predicted octanol–water partition coefficient (Wildman–Crippen LogP) is 5.57. The number of anilines is 1. The predicted molar refractivity (Wildman–Crippen MR) is 127 cm³/mol. The van der Waals surface area contributed by atoms with Crippen molar-refractivity contribution >= 4 is 23.6 Å². The van der Waals surface area contributed by atoms with E-state index < -0.39 is 17.6 Å². The van der Waals surface area contributed by atoms with Crippen molar-refractivity contribution in [3.8, 4) is 0 Å². The maximum atomic E-state index is 12.5. The number of carbonyl (C=O) groups is 3. The fourth-order valence-electron chi connectivity index (χ4n) is 2.89. The molecule has 0 aromatic heterocycles. The molecule has 0 aliphatic rings. The number of rotatable bonds is 12. The van der Waals surface area contributed by atoms with E-state index in [1.807, 2.05) is 6.92 Å². The maximum Gasteiger partial charge on any atom is 0.429 e. The highest BCUT2D eigenvalue weighted by molar-refractivity contribution is 5.96. The van der Waals surface area contributed by atoms with E-state index in [1.54, 1.807) is 45.0 Å². The molecule has 0 aliphatic heterocycles. The average Bonchev–Trinajstić information content (AvgIpc) is 2.74. The van der Waals surface area contributed by atoms with Crippen LogP contribution >= 0.6 is 0 Å². The van der Waals surface area contributed by atoms with E-state index in [9.17, 15) is 14.4 Å². The van der Waals surface area contributed by atoms with Gasteiger partial charge in [-0.3, -0.25) is 15.0 Å². The van der Waals surface area contributed by atoms with Gasteiger partial charge in [0.05, 0.1) is 0 Å². The summed E-state index contributed by atoms with van der Waals surface area (Å²) in [7, 11) is 0. The van der Waals surface area contributed by atoms with Crippen LogP contribution in [0.15, 0.2) is 29.4 Å². The summed E-state index contributed by atoms with van der Waals surface area (Å²) in [5.74, 6) is -0.520. The van der Waals surface area contributed by atoms with Gasteiger partial charge >= 0.3 is 6.09 Å².